The Morgan fingerprint density at radius 1 is 0.871 bits per heavy atom. The van der Waals surface area contributed by atoms with Gasteiger partial charge in [-0.25, -0.2) is 0 Å². The van der Waals surface area contributed by atoms with Crippen molar-refractivity contribution < 1.29 is 4.43 Å². The zero-order chi connectivity index (χ0) is 22.4. The van der Waals surface area contributed by atoms with Crippen molar-refractivity contribution in [1.82, 2.24) is 0 Å². The van der Waals surface area contributed by atoms with Crippen LogP contribution in [0, 0.1) is 17.8 Å². The van der Waals surface area contributed by atoms with E-state index in [1.807, 2.05) is 0 Å². The monoisotopic (exact) mass is 438 g/mol. The molecule has 4 bridgehead atoms. The van der Waals surface area contributed by atoms with Crippen molar-refractivity contribution in [1.29, 1.82) is 0 Å². The van der Waals surface area contributed by atoms with Gasteiger partial charge >= 0.3 is 0 Å². The van der Waals surface area contributed by atoms with Gasteiger partial charge < -0.3 is 4.43 Å². The van der Waals surface area contributed by atoms with E-state index < -0.39 is 8.32 Å². The predicted octanol–water partition coefficient (Wildman–Crippen LogP) is 8.75. The molecular formula is C29H46OSi. The lowest BCUT2D eigenvalue weighted by atomic mass is 9.48. The highest BCUT2D eigenvalue weighted by Crippen LogP contribution is 2.60. The van der Waals surface area contributed by atoms with Gasteiger partial charge in [-0.1, -0.05) is 71.9 Å². The van der Waals surface area contributed by atoms with Crippen LogP contribution in [-0.2, 0) is 9.84 Å². The van der Waals surface area contributed by atoms with E-state index in [4.69, 9.17) is 4.43 Å². The molecule has 2 heteroatoms. The SMILES string of the molecule is CC(=CCO[Si](C(C)C)(C(C)C)C(C)C)c1ccc(C23CC4CC(CC(C4)C2)C3)cc1. The van der Waals surface area contributed by atoms with Crippen LogP contribution in [0.1, 0.15) is 98.1 Å². The summed E-state index contributed by atoms with van der Waals surface area (Å²) < 4.78 is 6.76. The van der Waals surface area contributed by atoms with Crippen molar-refractivity contribution in [3.63, 3.8) is 0 Å². The van der Waals surface area contributed by atoms with Crippen molar-refractivity contribution in [2.45, 2.75) is 109 Å². The Labute approximate surface area is 193 Å². The maximum atomic E-state index is 6.76. The van der Waals surface area contributed by atoms with E-state index in [9.17, 15) is 0 Å². The van der Waals surface area contributed by atoms with Crippen LogP contribution in [0.15, 0.2) is 30.3 Å². The molecule has 4 saturated carbocycles. The Balaban J connectivity index is 1.45. The van der Waals surface area contributed by atoms with Crippen LogP contribution < -0.4 is 0 Å². The number of allylic oxidation sites excluding steroid dienone is 1. The minimum absolute atomic E-state index is 0.505. The van der Waals surface area contributed by atoms with E-state index in [-0.39, 0.29) is 0 Å². The molecule has 1 aromatic carbocycles. The van der Waals surface area contributed by atoms with E-state index in [0.717, 1.165) is 24.4 Å². The Morgan fingerprint density at radius 3 is 1.74 bits per heavy atom. The quantitative estimate of drug-likeness (QED) is 0.369. The fourth-order valence-electron chi connectivity index (χ4n) is 8.48. The minimum Gasteiger partial charge on any atom is -0.412 e. The van der Waals surface area contributed by atoms with Gasteiger partial charge in [-0.15, -0.1) is 0 Å². The van der Waals surface area contributed by atoms with Crippen molar-refractivity contribution in [3.8, 4) is 0 Å². The molecule has 1 nitrogen and oxygen atoms in total. The third-order valence-electron chi connectivity index (χ3n) is 9.42. The average molecular weight is 439 g/mol. The molecule has 0 radical (unpaired) electrons. The Morgan fingerprint density at radius 2 is 1.32 bits per heavy atom. The van der Waals surface area contributed by atoms with Crippen LogP contribution in [0.25, 0.3) is 5.57 Å². The first-order chi connectivity index (χ1) is 14.7. The van der Waals surface area contributed by atoms with Gasteiger partial charge in [0.25, 0.3) is 0 Å². The molecule has 0 unspecified atom stereocenters. The Bertz CT molecular complexity index is 728. The second kappa shape index (κ2) is 8.82. The Kier molecular flexibility index (Phi) is 6.63. The van der Waals surface area contributed by atoms with Gasteiger partial charge in [0.05, 0.1) is 6.61 Å². The summed E-state index contributed by atoms with van der Waals surface area (Å²) in [5, 5.41) is 0. The molecule has 0 heterocycles. The van der Waals surface area contributed by atoms with Crippen molar-refractivity contribution >= 4 is 13.9 Å². The summed E-state index contributed by atoms with van der Waals surface area (Å²) in [6.45, 7) is 17.2. The molecule has 0 aliphatic heterocycles. The Hall–Kier alpha value is -0.863. The highest BCUT2D eigenvalue weighted by molar-refractivity contribution is 6.77. The molecule has 31 heavy (non-hydrogen) atoms. The molecule has 0 spiro atoms. The summed E-state index contributed by atoms with van der Waals surface area (Å²) in [6, 6.07) is 9.71. The van der Waals surface area contributed by atoms with Gasteiger partial charge in [-0.05, 0) is 102 Å². The number of rotatable bonds is 8. The first-order valence-corrected chi connectivity index (χ1v) is 15.2. The van der Waals surface area contributed by atoms with Gasteiger partial charge in [-0.2, -0.15) is 0 Å². The molecule has 0 aromatic heterocycles. The van der Waals surface area contributed by atoms with Gasteiger partial charge in [0, 0.05) is 0 Å². The molecule has 5 rings (SSSR count). The largest absolute Gasteiger partial charge is 0.412 e. The zero-order valence-corrected chi connectivity index (χ0v) is 22.2. The fraction of sp³-hybridized carbons (Fsp3) is 0.724. The van der Waals surface area contributed by atoms with E-state index in [1.54, 1.807) is 5.56 Å². The van der Waals surface area contributed by atoms with Crippen molar-refractivity contribution in [2.75, 3.05) is 6.61 Å². The average Bonchev–Trinajstić information content (AvgIpc) is 2.69. The third-order valence-corrected chi connectivity index (χ3v) is 15.5. The molecule has 0 N–H and O–H groups in total. The van der Waals surface area contributed by atoms with Crippen LogP contribution in [0.3, 0.4) is 0 Å². The summed E-state index contributed by atoms with van der Waals surface area (Å²) in [5.41, 5.74) is 6.78. The van der Waals surface area contributed by atoms with Gasteiger partial charge in [0.15, 0.2) is 0 Å². The van der Waals surface area contributed by atoms with E-state index in [0.29, 0.717) is 22.0 Å². The van der Waals surface area contributed by atoms with Crippen LogP contribution in [-0.4, -0.2) is 14.9 Å². The van der Waals surface area contributed by atoms with Crippen molar-refractivity contribution in [2.24, 2.45) is 17.8 Å². The number of benzene rings is 1. The predicted molar refractivity (Wildman–Crippen MR) is 137 cm³/mol. The molecular weight excluding hydrogens is 392 g/mol. The maximum Gasteiger partial charge on any atom is 0.200 e. The number of hydrogen-bond donors (Lipinski definition) is 0. The van der Waals surface area contributed by atoms with E-state index in [1.165, 1.54) is 49.7 Å². The van der Waals surface area contributed by atoms with E-state index in [2.05, 4.69) is 78.8 Å². The van der Waals surface area contributed by atoms with Crippen LogP contribution >= 0.6 is 0 Å². The zero-order valence-electron chi connectivity index (χ0n) is 21.2. The van der Waals surface area contributed by atoms with Gasteiger partial charge in [0.1, 0.15) is 0 Å². The molecule has 4 fully saturated rings. The molecule has 4 aliphatic carbocycles. The topological polar surface area (TPSA) is 9.23 Å². The smallest absolute Gasteiger partial charge is 0.200 e. The molecule has 1 aromatic rings. The third kappa shape index (κ3) is 4.24. The normalized spacial score (nSPS) is 30.8. The summed E-state index contributed by atoms with van der Waals surface area (Å²) >= 11 is 0. The number of hydrogen-bond acceptors (Lipinski definition) is 1. The molecule has 172 valence electrons. The van der Waals surface area contributed by atoms with Gasteiger partial charge in [0.2, 0.25) is 8.32 Å². The van der Waals surface area contributed by atoms with E-state index >= 15 is 0 Å². The first-order valence-electron chi connectivity index (χ1n) is 13.1. The molecule has 0 amide bonds. The fourth-order valence-corrected chi connectivity index (χ4v) is 13.9. The van der Waals surface area contributed by atoms with Gasteiger partial charge in [-0.3, -0.25) is 0 Å². The first kappa shape index (κ1) is 23.3. The summed E-state index contributed by atoms with van der Waals surface area (Å²) in [5.74, 6) is 3.03. The standard InChI is InChI=1S/C29H46OSi/c1-20(2)31(21(3)4,22(5)6)30-13-12-23(7)27-8-10-28(11-9-27)29-17-24-14-25(18-29)16-26(15-24)19-29/h8-12,20-22,24-26H,13-19H2,1-7H3. The molecule has 0 saturated heterocycles. The maximum absolute atomic E-state index is 6.76. The second-order valence-electron chi connectivity index (χ2n) is 12.3. The molecule has 4 aliphatic rings. The molecule has 0 atom stereocenters. The second-order valence-corrected chi connectivity index (χ2v) is 17.8. The summed E-state index contributed by atoms with van der Waals surface area (Å²) in [6.07, 6.45) is 11.2. The highest BCUT2D eigenvalue weighted by atomic mass is 28.4. The lowest BCUT2D eigenvalue weighted by Crippen LogP contribution is -2.48. The summed E-state index contributed by atoms with van der Waals surface area (Å²) in [7, 11) is -1.79. The minimum atomic E-state index is -1.79. The van der Waals surface area contributed by atoms with Crippen molar-refractivity contribution in [3.05, 3.63) is 41.5 Å². The summed E-state index contributed by atoms with van der Waals surface area (Å²) in [4.78, 5) is 0. The van der Waals surface area contributed by atoms with Crippen LogP contribution in [0.5, 0.6) is 0 Å². The lowest BCUT2D eigenvalue weighted by molar-refractivity contribution is -0.00518. The van der Waals surface area contributed by atoms with Crippen LogP contribution in [0.4, 0.5) is 0 Å². The highest BCUT2D eigenvalue weighted by Gasteiger charge is 2.51. The van der Waals surface area contributed by atoms with Crippen LogP contribution in [0.2, 0.25) is 16.6 Å². The lowest BCUT2D eigenvalue weighted by Gasteiger charge is -2.57.